The van der Waals surface area contributed by atoms with Crippen molar-refractivity contribution in [3.05, 3.63) is 40.4 Å². The normalized spacial score (nSPS) is 10.1. The highest BCUT2D eigenvalue weighted by molar-refractivity contribution is 9.10. The summed E-state index contributed by atoms with van der Waals surface area (Å²) in [6.45, 7) is 0. The van der Waals surface area contributed by atoms with Gasteiger partial charge >= 0.3 is 0 Å². The van der Waals surface area contributed by atoms with Crippen LogP contribution in [0.5, 0.6) is 0 Å². The number of aldehydes is 1. The van der Waals surface area contributed by atoms with E-state index < -0.39 is 5.82 Å². The van der Waals surface area contributed by atoms with Crippen LogP contribution in [0.25, 0.3) is 0 Å². The highest BCUT2D eigenvalue weighted by atomic mass is 79.9. The van der Waals surface area contributed by atoms with Crippen molar-refractivity contribution >= 4 is 39.5 Å². The van der Waals surface area contributed by atoms with E-state index in [9.17, 15) is 9.18 Å². The van der Waals surface area contributed by atoms with E-state index in [0.717, 1.165) is 0 Å². The lowest BCUT2D eigenvalue weighted by Crippen LogP contribution is -2.04. The van der Waals surface area contributed by atoms with Crippen LogP contribution in [0, 0.1) is 5.82 Å². The lowest BCUT2D eigenvalue weighted by molar-refractivity contribution is 0.112. The fraction of sp³-hybridized carbons (Fsp3) is 0. The first kappa shape index (κ1) is 12.4. The second-order valence-corrected chi connectivity index (χ2v) is 4.25. The average molecular weight is 311 g/mol. The minimum Gasteiger partial charge on any atom is -0.383 e. The lowest BCUT2D eigenvalue weighted by Gasteiger charge is -2.08. The van der Waals surface area contributed by atoms with E-state index in [4.69, 9.17) is 5.73 Å². The van der Waals surface area contributed by atoms with Crippen LogP contribution < -0.4 is 11.1 Å². The Kier molecular flexibility index (Phi) is 3.52. The van der Waals surface area contributed by atoms with E-state index in [-0.39, 0.29) is 17.2 Å². The quantitative estimate of drug-likeness (QED) is 0.851. The van der Waals surface area contributed by atoms with Crippen LogP contribution in [-0.4, -0.2) is 16.3 Å². The summed E-state index contributed by atoms with van der Waals surface area (Å²) < 4.78 is 13.7. The molecule has 0 saturated carbocycles. The van der Waals surface area contributed by atoms with Gasteiger partial charge in [0.05, 0.1) is 10.0 Å². The van der Waals surface area contributed by atoms with Crippen LogP contribution in [0.4, 0.5) is 21.7 Å². The molecule has 1 aromatic heterocycles. The molecule has 2 aromatic rings. The smallest absolute Gasteiger partial charge is 0.157 e. The van der Waals surface area contributed by atoms with Crippen LogP contribution in [0.2, 0.25) is 0 Å². The van der Waals surface area contributed by atoms with Crippen LogP contribution in [-0.2, 0) is 0 Å². The van der Waals surface area contributed by atoms with Crippen LogP contribution in [0.15, 0.2) is 29.0 Å². The summed E-state index contributed by atoms with van der Waals surface area (Å²) in [5.74, 6) is -0.117. The molecule has 92 valence electrons. The summed E-state index contributed by atoms with van der Waals surface area (Å²) in [6.07, 6.45) is 1.77. The SMILES string of the molecule is Nc1ncnc(Nc2ccc(Br)c(F)c2)c1C=O. The number of benzene rings is 1. The summed E-state index contributed by atoms with van der Waals surface area (Å²) >= 11 is 3.05. The number of aromatic nitrogens is 2. The Hall–Kier alpha value is -2.02. The van der Waals surface area contributed by atoms with E-state index in [1.807, 2.05) is 0 Å². The molecular formula is C11H8BrFN4O. The van der Waals surface area contributed by atoms with Gasteiger partial charge < -0.3 is 11.1 Å². The molecule has 0 spiro atoms. The maximum absolute atomic E-state index is 13.3. The van der Waals surface area contributed by atoms with Gasteiger partial charge in [0.2, 0.25) is 0 Å². The Balaban J connectivity index is 2.36. The Morgan fingerprint density at radius 3 is 2.83 bits per heavy atom. The van der Waals surface area contributed by atoms with Gasteiger partial charge in [-0.1, -0.05) is 0 Å². The highest BCUT2D eigenvalue weighted by Gasteiger charge is 2.09. The molecule has 0 aliphatic rings. The number of anilines is 3. The van der Waals surface area contributed by atoms with Crippen molar-refractivity contribution < 1.29 is 9.18 Å². The number of hydrogen-bond donors (Lipinski definition) is 2. The van der Waals surface area contributed by atoms with Gasteiger partial charge in [-0.3, -0.25) is 4.79 Å². The van der Waals surface area contributed by atoms with Crippen molar-refractivity contribution in [1.29, 1.82) is 0 Å². The van der Waals surface area contributed by atoms with Crippen LogP contribution >= 0.6 is 15.9 Å². The topological polar surface area (TPSA) is 80.9 Å². The number of nitrogens with two attached hydrogens (primary N) is 1. The number of nitrogens with one attached hydrogen (secondary N) is 1. The molecule has 0 bridgehead atoms. The van der Waals surface area contributed by atoms with Crippen molar-refractivity contribution in [2.24, 2.45) is 0 Å². The number of hydrogen-bond acceptors (Lipinski definition) is 5. The molecule has 0 aliphatic heterocycles. The molecule has 0 radical (unpaired) electrons. The van der Waals surface area contributed by atoms with Crippen molar-refractivity contribution in [1.82, 2.24) is 9.97 Å². The predicted octanol–water partition coefficient (Wildman–Crippen LogP) is 2.52. The first-order valence-electron chi connectivity index (χ1n) is 4.89. The first-order chi connectivity index (χ1) is 8.61. The van der Waals surface area contributed by atoms with Gasteiger partial charge in [-0.05, 0) is 34.1 Å². The molecule has 0 aliphatic carbocycles. The Bertz CT molecular complexity index is 606. The zero-order valence-corrected chi connectivity index (χ0v) is 10.6. The van der Waals surface area contributed by atoms with Gasteiger partial charge in [0.15, 0.2) is 6.29 Å². The first-order valence-corrected chi connectivity index (χ1v) is 5.69. The van der Waals surface area contributed by atoms with Crippen molar-refractivity contribution in [3.63, 3.8) is 0 Å². The summed E-state index contributed by atoms with van der Waals surface area (Å²) in [7, 11) is 0. The number of nitrogens with zero attached hydrogens (tertiary/aromatic N) is 2. The fourth-order valence-electron chi connectivity index (χ4n) is 1.34. The van der Waals surface area contributed by atoms with Gasteiger partial charge in [-0.15, -0.1) is 0 Å². The number of halogens is 2. The minimum atomic E-state index is -0.422. The minimum absolute atomic E-state index is 0.0695. The Morgan fingerprint density at radius 2 is 2.17 bits per heavy atom. The average Bonchev–Trinajstić information content (AvgIpc) is 2.34. The number of carbonyl (C=O) groups excluding carboxylic acids is 1. The van der Waals surface area contributed by atoms with E-state index in [1.54, 1.807) is 12.1 Å². The molecule has 18 heavy (non-hydrogen) atoms. The second kappa shape index (κ2) is 5.09. The highest BCUT2D eigenvalue weighted by Crippen LogP contribution is 2.23. The molecule has 3 N–H and O–H groups in total. The Labute approximate surface area is 110 Å². The standard InChI is InChI=1S/C11H8BrFN4O/c12-8-2-1-6(3-9(8)13)17-11-7(4-18)10(14)15-5-16-11/h1-5H,(H3,14,15,16,17). The number of rotatable bonds is 3. The van der Waals surface area contributed by atoms with E-state index >= 15 is 0 Å². The van der Waals surface area contributed by atoms with Gasteiger partial charge in [0, 0.05) is 5.69 Å². The predicted molar refractivity (Wildman–Crippen MR) is 69.2 cm³/mol. The molecule has 0 fully saturated rings. The number of nitrogen functional groups attached to an aromatic ring is 1. The lowest BCUT2D eigenvalue weighted by atomic mass is 10.2. The number of carbonyl (C=O) groups is 1. The zero-order valence-electron chi connectivity index (χ0n) is 9.02. The molecule has 7 heteroatoms. The molecule has 0 amide bonds. The maximum atomic E-state index is 13.3. The van der Waals surface area contributed by atoms with Gasteiger partial charge in [0.1, 0.15) is 23.8 Å². The molecule has 1 heterocycles. The summed E-state index contributed by atoms with van der Waals surface area (Å²) in [5.41, 5.74) is 6.13. The molecule has 1 aromatic carbocycles. The monoisotopic (exact) mass is 310 g/mol. The van der Waals surface area contributed by atoms with Gasteiger partial charge in [-0.25, -0.2) is 14.4 Å². The summed E-state index contributed by atoms with van der Waals surface area (Å²) in [5, 5.41) is 2.81. The molecular weight excluding hydrogens is 303 g/mol. The van der Waals surface area contributed by atoms with E-state index in [2.05, 4.69) is 31.2 Å². The maximum Gasteiger partial charge on any atom is 0.157 e. The van der Waals surface area contributed by atoms with Crippen LogP contribution in [0.1, 0.15) is 10.4 Å². The largest absolute Gasteiger partial charge is 0.383 e. The van der Waals surface area contributed by atoms with Crippen molar-refractivity contribution in [3.8, 4) is 0 Å². The third-order valence-electron chi connectivity index (χ3n) is 2.21. The van der Waals surface area contributed by atoms with Crippen molar-refractivity contribution in [2.45, 2.75) is 0 Å². The molecule has 2 rings (SSSR count). The molecule has 0 saturated heterocycles. The molecule has 0 atom stereocenters. The third-order valence-corrected chi connectivity index (χ3v) is 2.86. The second-order valence-electron chi connectivity index (χ2n) is 3.39. The molecule has 0 unspecified atom stereocenters. The van der Waals surface area contributed by atoms with E-state index in [0.29, 0.717) is 16.4 Å². The summed E-state index contributed by atoms with van der Waals surface area (Å²) in [4.78, 5) is 18.5. The molecule has 5 nitrogen and oxygen atoms in total. The Morgan fingerprint density at radius 1 is 1.39 bits per heavy atom. The van der Waals surface area contributed by atoms with Crippen molar-refractivity contribution in [2.75, 3.05) is 11.1 Å². The third kappa shape index (κ3) is 2.45. The van der Waals surface area contributed by atoms with Gasteiger partial charge in [-0.2, -0.15) is 0 Å². The zero-order chi connectivity index (χ0) is 13.1. The summed E-state index contributed by atoms with van der Waals surface area (Å²) in [6, 6.07) is 4.46. The fourth-order valence-corrected chi connectivity index (χ4v) is 1.58. The van der Waals surface area contributed by atoms with Gasteiger partial charge in [0.25, 0.3) is 0 Å². The van der Waals surface area contributed by atoms with Crippen LogP contribution in [0.3, 0.4) is 0 Å². The van der Waals surface area contributed by atoms with E-state index in [1.165, 1.54) is 12.4 Å².